The maximum absolute atomic E-state index is 12.5. The first kappa shape index (κ1) is 21.9. The van der Waals surface area contributed by atoms with Crippen molar-refractivity contribution in [1.29, 1.82) is 0 Å². The number of nitrogens with one attached hydrogen (secondary N) is 2. The Morgan fingerprint density at radius 1 is 1.18 bits per heavy atom. The van der Waals surface area contributed by atoms with E-state index < -0.39 is 11.9 Å². The number of benzene rings is 2. The molecule has 0 aliphatic heterocycles. The van der Waals surface area contributed by atoms with E-state index in [2.05, 4.69) is 31.8 Å². The molecular formula is C20H21BrClN3O3. The van der Waals surface area contributed by atoms with E-state index in [1.54, 1.807) is 37.4 Å². The molecule has 8 heteroatoms. The van der Waals surface area contributed by atoms with Crippen molar-refractivity contribution in [2.45, 2.75) is 19.9 Å². The molecule has 2 amide bonds. The fraction of sp³-hybridized carbons (Fsp3) is 0.250. The summed E-state index contributed by atoms with van der Waals surface area (Å²) in [4.78, 5) is 24.9. The summed E-state index contributed by atoms with van der Waals surface area (Å²) in [5.74, 6) is -0.178. The molecular weight excluding hydrogens is 446 g/mol. The number of carbonyl (C=O) groups excluding carboxylic acids is 2. The van der Waals surface area contributed by atoms with Crippen molar-refractivity contribution in [3.63, 3.8) is 0 Å². The molecule has 2 rings (SSSR count). The SMILES string of the molecule is COc1ccc(/C=N\NC(=O)C(NC(=O)c2ccc(Cl)cc2)C(C)C)cc1Br. The molecule has 0 spiro atoms. The van der Waals surface area contributed by atoms with Crippen LogP contribution in [0.4, 0.5) is 0 Å². The van der Waals surface area contributed by atoms with Crippen LogP contribution in [0.3, 0.4) is 0 Å². The van der Waals surface area contributed by atoms with Gasteiger partial charge < -0.3 is 10.1 Å². The first-order valence-corrected chi connectivity index (χ1v) is 9.71. The predicted octanol–water partition coefficient (Wildman–Crippen LogP) is 4.02. The number of halogens is 2. The molecule has 148 valence electrons. The lowest BCUT2D eigenvalue weighted by Gasteiger charge is -2.20. The molecule has 0 saturated carbocycles. The number of amides is 2. The van der Waals surface area contributed by atoms with Gasteiger partial charge in [-0.1, -0.05) is 25.4 Å². The minimum atomic E-state index is -0.733. The van der Waals surface area contributed by atoms with E-state index >= 15 is 0 Å². The van der Waals surface area contributed by atoms with Gasteiger partial charge in [0.25, 0.3) is 11.8 Å². The third kappa shape index (κ3) is 6.07. The van der Waals surface area contributed by atoms with Crippen LogP contribution in [0.15, 0.2) is 52.0 Å². The minimum Gasteiger partial charge on any atom is -0.496 e. The van der Waals surface area contributed by atoms with E-state index in [9.17, 15) is 9.59 Å². The number of nitrogens with zero attached hydrogens (tertiary/aromatic N) is 1. The van der Waals surface area contributed by atoms with E-state index in [0.29, 0.717) is 16.3 Å². The van der Waals surface area contributed by atoms with Crippen LogP contribution in [0.1, 0.15) is 29.8 Å². The Morgan fingerprint density at radius 2 is 1.86 bits per heavy atom. The minimum absolute atomic E-state index is 0.124. The zero-order valence-electron chi connectivity index (χ0n) is 15.7. The standard InChI is InChI=1S/C20H21BrClN3O3/c1-12(2)18(24-19(26)14-5-7-15(22)8-6-14)20(27)25-23-11-13-4-9-17(28-3)16(21)10-13/h4-12,18H,1-3H3,(H,24,26)(H,25,27)/b23-11-. The smallest absolute Gasteiger partial charge is 0.262 e. The van der Waals surface area contributed by atoms with Gasteiger partial charge in [-0.25, -0.2) is 5.43 Å². The number of hydrogen-bond donors (Lipinski definition) is 2. The third-order valence-electron chi connectivity index (χ3n) is 3.91. The number of hydrogen-bond acceptors (Lipinski definition) is 4. The Hall–Kier alpha value is -2.38. The highest BCUT2D eigenvalue weighted by atomic mass is 79.9. The first-order valence-electron chi connectivity index (χ1n) is 8.54. The summed E-state index contributed by atoms with van der Waals surface area (Å²) in [6, 6.07) is 11.1. The molecule has 0 fully saturated rings. The molecule has 2 aromatic rings. The van der Waals surface area contributed by atoms with Crippen molar-refractivity contribution < 1.29 is 14.3 Å². The summed E-state index contributed by atoms with van der Waals surface area (Å²) in [5, 5.41) is 7.25. The topological polar surface area (TPSA) is 79.8 Å². The van der Waals surface area contributed by atoms with Crippen molar-refractivity contribution in [3.05, 3.63) is 63.1 Å². The average Bonchev–Trinajstić information content (AvgIpc) is 2.66. The molecule has 28 heavy (non-hydrogen) atoms. The van der Waals surface area contributed by atoms with Crippen molar-refractivity contribution in [2.75, 3.05) is 7.11 Å². The summed E-state index contributed by atoms with van der Waals surface area (Å²) in [5.41, 5.74) is 3.68. The highest BCUT2D eigenvalue weighted by molar-refractivity contribution is 9.10. The van der Waals surface area contributed by atoms with Crippen LogP contribution >= 0.6 is 27.5 Å². The molecule has 0 aliphatic rings. The van der Waals surface area contributed by atoms with Crippen LogP contribution in [-0.2, 0) is 4.79 Å². The summed E-state index contributed by atoms with van der Waals surface area (Å²) in [6.45, 7) is 3.69. The van der Waals surface area contributed by atoms with Crippen molar-refractivity contribution in [3.8, 4) is 5.75 Å². The highest BCUT2D eigenvalue weighted by Crippen LogP contribution is 2.24. The lowest BCUT2D eigenvalue weighted by Crippen LogP contribution is -2.48. The number of methoxy groups -OCH3 is 1. The Morgan fingerprint density at radius 3 is 2.43 bits per heavy atom. The fourth-order valence-corrected chi connectivity index (χ4v) is 3.05. The number of hydrazone groups is 1. The molecule has 1 unspecified atom stereocenters. The maximum Gasteiger partial charge on any atom is 0.262 e. The monoisotopic (exact) mass is 465 g/mol. The van der Waals surface area contributed by atoms with Crippen LogP contribution in [0.5, 0.6) is 5.75 Å². The van der Waals surface area contributed by atoms with E-state index in [1.807, 2.05) is 26.0 Å². The van der Waals surface area contributed by atoms with Crippen LogP contribution < -0.4 is 15.5 Å². The summed E-state index contributed by atoms with van der Waals surface area (Å²) >= 11 is 9.23. The normalized spacial score (nSPS) is 12.1. The molecule has 0 saturated heterocycles. The molecule has 0 heterocycles. The van der Waals surface area contributed by atoms with E-state index in [1.165, 1.54) is 6.21 Å². The number of carbonyl (C=O) groups is 2. The van der Waals surface area contributed by atoms with Crippen molar-refractivity contribution >= 4 is 45.6 Å². The lowest BCUT2D eigenvalue weighted by molar-refractivity contribution is -0.123. The van der Waals surface area contributed by atoms with Crippen LogP contribution in [0.25, 0.3) is 0 Å². The second kappa shape index (κ2) is 10.2. The Balaban J connectivity index is 2.01. The van der Waals surface area contributed by atoms with E-state index in [-0.39, 0.29) is 11.8 Å². The second-order valence-corrected chi connectivity index (χ2v) is 7.62. The zero-order valence-corrected chi connectivity index (χ0v) is 18.0. The van der Waals surface area contributed by atoms with Gasteiger partial charge in [0.2, 0.25) is 0 Å². The Labute approximate surface area is 177 Å². The molecule has 6 nitrogen and oxygen atoms in total. The number of ether oxygens (including phenoxy) is 1. The molecule has 2 aromatic carbocycles. The van der Waals surface area contributed by atoms with Crippen LogP contribution in [0.2, 0.25) is 5.02 Å². The first-order chi connectivity index (χ1) is 13.3. The van der Waals surface area contributed by atoms with Gasteiger partial charge >= 0.3 is 0 Å². The Kier molecular flexibility index (Phi) is 8.02. The van der Waals surface area contributed by atoms with Gasteiger partial charge in [-0.2, -0.15) is 5.10 Å². The summed E-state index contributed by atoms with van der Waals surface area (Å²) < 4.78 is 5.95. The van der Waals surface area contributed by atoms with E-state index in [4.69, 9.17) is 16.3 Å². The quantitative estimate of drug-likeness (QED) is 0.478. The molecule has 0 radical (unpaired) electrons. The van der Waals surface area contributed by atoms with Gasteiger partial charge in [0.1, 0.15) is 11.8 Å². The molecule has 0 aromatic heterocycles. The number of rotatable bonds is 7. The maximum atomic E-state index is 12.5. The second-order valence-electron chi connectivity index (χ2n) is 6.33. The third-order valence-corrected chi connectivity index (χ3v) is 4.78. The van der Waals surface area contributed by atoms with Crippen molar-refractivity contribution in [1.82, 2.24) is 10.7 Å². The summed E-state index contributed by atoms with van der Waals surface area (Å²) in [7, 11) is 1.58. The zero-order chi connectivity index (χ0) is 20.7. The predicted molar refractivity (Wildman–Crippen MR) is 114 cm³/mol. The van der Waals surface area contributed by atoms with Crippen molar-refractivity contribution in [2.24, 2.45) is 11.0 Å². The van der Waals surface area contributed by atoms with Gasteiger partial charge in [0, 0.05) is 10.6 Å². The van der Waals surface area contributed by atoms with Crippen LogP contribution in [0, 0.1) is 5.92 Å². The largest absolute Gasteiger partial charge is 0.496 e. The molecule has 2 N–H and O–H groups in total. The van der Waals surface area contributed by atoms with Gasteiger partial charge in [-0.15, -0.1) is 0 Å². The van der Waals surface area contributed by atoms with Gasteiger partial charge in [-0.3, -0.25) is 9.59 Å². The lowest BCUT2D eigenvalue weighted by atomic mass is 10.0. The van der Waals surface area contributed by atoms with Crippen LogP contribution in [-0.4, -0.2) is 31.2 Å². The molecule has 0 bridgehead atoms. The Bertz CT molecular complexity index is 869. The molecule has 1 atom stereocenters. The highest BCUT2D eigenvalue weighted by Gasteiger charge is 2.24. The average molecular weight is 467 g/mol. The van der Waals surface area contributed by atoms with Gasteiger partial charge in [0.15, 0.2) is 0 Å². The fourth-order valence-electron chi connectivity index (χ4n) is 2.36. The van der Waals surface area contributed by atoms with Gasteiger partial charge in [0.05, 0.1) is 17.8 Å². The summed E-state index contributed by atoms with van der Waals surface area (Å²) in [6.07, 6.45) is 1.51. The van der Waals surface area contributed by atoms with Gasteiger partial charge in [-0.05, 0) is 69.9 Å². The van der Waals surface area contributed by atoms with E-state index in [0.717, 1.165) is 10.0 Å². The molecule has 0 aliphatic carbocycles.